The van der Waals surface area contributed by atoms with Gasteiger partial charge in [0.25, 0.3) is 0 Å². The highest BCUT2D eigenvalue weighted by atomic mass is 19.1. The number of halogens is 1. The first kappa shape index (κ1) is 24.5. The summed E-state index contributed by atoms with van der Waals surface area (Å²) in [5, 5.41) is 24.0. The maximum atomic E-state index is 17.2. The van der Waals surface area contributed by atoms with Gasteiger partial charge in [-0.25, -0.2) is 9.18 Å². The van der Waals surface area contributed by atoms with Gasteiger partial charge in [-0.1, -0.05) is 60.7 Å². The van der Waals surface area contributed by atoms with Crippen LogP contribution < -0.4 is 0 Å². The minimum atomic E-state index is -3.28. The Bertz CT molecular complexity index is 1020. The Morgan fingerprint density at radius 3 is 2.00 bits per heavy atom. The molecule has 8 heteroatoms. The number of nitro groups is 1. The van der Waals surface area contributed by atoms with E-state index in [-0.39, 0.29) is 5.56 Å². The summed E-state index contributed by atoms with van der Waals surface area (Å²) in [6, 6.07) is 14.2. The zero-order valence-electron chi connectivity index (χ0n) is 19.0. The highest BCUT2D eigenvalue weighted by Gasteiger charge is 2.74. The molecule has 6 atom stereocenters. The van der Waals surface area contributed by atoms with E-state index in [1.54, 1.807) is 48.5 Å². The van der Waals surface area contributed by atoms with Gasteiger partial charge in [-0.2, -0.15) is 0 Å². The number of esters is 1. The molecule has 7 nitrogen and oxygen atoms in total. The summed E-state index contributed by atoms with van der Waals surface area (Å²) in [6.45, 7) is 5.62. The number of rotatable bonds is 5. The van der Waals surface area contributed by atoms with Crippen LogP contribution in [0.4, 0.5) is 4.39 Å². The summed E-state index contributed by atoms with van der Waals surface area (Å²) in [5.74, 6) is -5.95. The molecule has 33 heavy (non-hydrogen) atoms. The fourth-order valence-corrected chi connectivity index (χ4v) is 4.89. The molecule has 3 rings (SSSR count). The molecule has 0 saturated heterocycles. The van der Waals surface area contributed by atoms with Crippen molar-refractivity contribution in [1.29, 1.82) is 0 Å². The van der Waals surface area contributed by atoms with E-state index in [2.05, 4.69) is 0 Å². The van der Waals surface area contributed by atoms with Crippen LogP contribution in [0.5, 0.6) is 0 Å². The highest BCUT2D eigenvalue weighted by molar-refractivity contribution is 5.85. The molecule has 1 fully saturated rings. The molecule has 2 aromatic carbocycles. The van der Waals surface area contributed by atoms with Crippen molar-refractivity contribution in [1.82, 2.24) is 0 Å². The Hall–Kier alpha value is -3.13. The van der Waals surface area contributed by atoms with E-state index >= 15 is 4.39 Å². The first-order chi connectivity index (χ1) is 15.4. The monoisotopic (exact) mass is 457 g/mol. The maximum absolute atomic E-state index is 17.2. The molecule has 0 aromatic heterocycles. The van der Waals surface area contributed by atoms with Crippen LogP contribution in [0.3, 0.4) is 0 Å². The van der Waals surface area contributed by atoms with Crippen molar-refractivity contribution in [2.24, 2.45) is 5.92 Å². The zero-order valence-corrected chi connectivity index (χ0v) is 19.0. The van der Waals surface area contributed by atoms with Crippen LogP contribution >= 0.6 is 0 Å². The number of hydrogen-bond donors (Lipinski definition) is 1. The smallest absolute Gasteiger partial charge is 0.348 e. The fraction of sp³-hybridized carbons (Fsp3) is 0.440. The predicted molar refractivity (Wildman–Crippen MR) is 119 cm³/mol. The molecule has 176 valence electrons. The van der Waals surface area contributed by atoms with E-state index in [9.17, 15) is 24.8 Å². The molecule has 1 N–H and O–H groups in total. The third-order valence-electron chi connectivity index (χ3n) is 6.34. The van der Waals surface area contributed by atoms with Crippen LogP contribution in [0.15, 0.2) is 60.7 Å². The average Bonchev–Trinajstić information content (AvgIpc) is 2.74. The van der Waals surface area contributed by atoms with Gasteiger partial charge in [0.15, 0.2) is 0 Å². The normalized spacial score (nSPS) is 32.1. The number of benzene rings is 2. The van der Waals surface area contributed by atoms with Crippen molar-refractivity contribution < 1.29 is 28.7 Å². The van der Waals surface area contributed by atoms with Gasteiger partial charge in [0.2, 0.25) is 11.7 Å². The molecule has 0 unspecified atom stereocenters. The Labute approximate surface area is 191 Å². The summed E-state index contributed by atoms with van der Waals surface area (Å²) in [5.41, 5.74) is -6.48. The number of ether oxygens (including phenoxy) is 1. The molecule has 0 bridgehead atoms. The van der Waals surface area contributed by atoms with Gasteiger partial charge in [0, 0.05) is 4.92 Å². The molecule has 0 spiro atoms. The summed E-state index contributed by atoms with van der Waals surface area (Å²) in [4.78, 5) is 37.4. The van der Waals surface area contributed by atoms with Gasteiger partial charge in [-0.05, 0) is 38.8 Å². The fourth-order valence-electron chi connectivity index (χ4n) is 4.89. The van der Waals surface area contributed by atoms with Gasteiger partial charge >= 0.3 is 5.97 Å². The van der Waals surface area contributed by atoms with E-state index in [0.717, 1.165) is 6.92 Å². The van der Waals surface area contributed by atoms with Gasteiger partial charge in [0.1, 0.15) is 23.4 Å². The quantitative estimate of drug-likeness (QED) is 0.317. The molecule has 0 amide bonds. The Balaban J connectivity index is 2.36. The van der Waals surface area contributed by atoms with E-state index in [1.165, 1.54) is 32.9 Å². The first-order valence-corrected chi connectivity index (χ1v) is 10.7. The van der Waals surface area contributed by atoms with Gasteiger partial charge in [0.05, 0.1) is 11.8 Å². The lowest BCUT2D eigenvalue weighted by molar-refractivity contribution is -0.542. The van der Waals surface area contributed by atoms with Crippen LogP contribution in [0.25, 0.3) is 0 Å². The minimum absolute atomic E-state index is 0.151. The molecule has 1 aliphatic carbocycles. The van der Waals surface area contributed by atoms with Crippen LogP contribution in [-0.2, 0) is 14.3 Å². The molecular formula is C25H28FNO6. The molecule has 1 aliphatic rings. The number of aldehydes is 1. The Morgan fingerprint density at radius 2 is 1.58 bits per heavy atom. The average molecular weight is 457 g/mol. The number of carbonyl (C=O) groups is 2. The van der Waals surface area contributed by atoms with E-state index < -0.39 is 51.6 Å². The van der Waals surface area contributed by atoms with Crippen LogP contribution in [0.1, 0.15) is 50.7 Å². The lowest BCUT2D eigenvalue weighted by Crippen LogP contribution is -2.71. The third kappa shape index (κ3) is 4.15. The number of carbonyl (C=O) groups excluding carboxylic acids is 2. The molecule has 1 saturated carbocycles. The standard InChI is InChI=1S/C25H28FNO6/c1-23(2,3)33-22(29)25(26)20(17-13-9-6-10-14-17)21(27(31)32)19(16-11-7-5-8-12-16)18(15-28)24(25,4)30/h5-15,18-21,30H,1-4H3/t18-,19-,20-,21-,24-,25+/m0/s1. The number of aliphatic hydroxyl groups is 1. The van der Waals surface area contributed by atoms with Crippen LogP contribution in [0.2, 0.25) is 0 Å². The second-order valence-corrected chi connectivity index (χ2v) is 9.62. The third-order valence-corrected chi connectivity index (χ3v) is 6.34. The number of nitrogens with zero attached hydrogens (tertiary/aromatic N) is 1. The minimum Gasteiger partial charge on any atom is -0.457 e. The van der Waals surface area contributed by atoms with Gasteiger partial charge < -0.3 is 14.6 Å². The molecule has 0 aliphatic heterocycles. The van der Waals surface area contributed by atoms with E-state index in [4.69, 9.17) is 4.74 Å². The van der Waals surface area contributed by atoms with Crippen LogP contribution in [0, 0.1) is 16.0 Å². The number of alkyl halides is 1. The first-order valence-electron chi connectivity index (χ1n) is 10.7. The van der Waals surface area contributed by atoms with Crippen molar-refractivity contribution in [2.75, 3.05) is 0 Å². The lowest BCUT2D eigenvalue weighted by atomic mass is 9.53. The Kier molecular flexibility index (Phi) is 6.44. The van der Waals surface area contributed by atoms with Crippen molar-refractivity contribution in [2.45, 2.75) is 62.4 Å². The molecule has 0 heterocycles. The molecule has 2 aromatic rings. The molecular weight excluding hydrogens is 429 g/mol. The maximum Gasteiger partial charge on any atom is 0.348 e. The second-order valence-electron chi connectivity index (χ2n) is 9.62. The number of hydrogen-bond acceptors (Lipinski definition) is 6. The van der Waals surface area contributed by atoms with Crippen molar-refractivity contribution in [3.05, 3.63) is 81.9 Å². The van der Waals surface area contributed by atoms with Crippen LogP contribution in [-0.4, -0.2) is 45.2 Å². The highest BCUT2D eigenvalue weighted by Crippen LogP contribution is 2.57. The van der Waals surface area contributed by atoms with Crippen molar-refractivity contribution >= 4 is 12.3 Å². The predicted octanol–water partition coefficient (Wildman–Crippen LogP) is 3.83. The van der Waals surface area contributed by atoms with Gasteiger partial charge in [-0.3, -0.25) is 10.1 Å². The molecule has 0 radical (unpaired) electrons. The van der Waals surface area contributed by atoms with E-state index in [0.29, 0.717) is 11.8 Å². The van der Waals surface area contributed by atoms with Crippen molar-refractivity contribution in [3.8, 4) is 0 Å². The summed E-state index contributed by atoms with van der Waals surface area (Å²) in [6.07, 6.45) is 0.300. The summed E-state index contributed by atoms with van der Waals surface area (Å²) in [7, 11) is 0. The topological polar surface area (TPSA) is 107 Å². The Morgan fingerprint density at radius 1 is 1.09 bits per heavy atom. The lowest BCUT2D eigenvalue weighted by Gasteiger charge is -2.52. The zero-order chi connectivity index (χ0) is 24.6. The van der Waals surface area contributed by atoms with E-state index in [1.807, 2.05) is 0 Å². The SMILES string of the molecule is CC(C)(C)OC(=O)[C@]1(F)[C@@H](c2ccccc2)[C@@H]([N+](=O)[O-])[C@@H](c2ccccc2)[C@H](C=O)[C@]1(C)O. The van der Waals surface area contributed by atoms with Gasteiger partial charge in [-0.15, -0.1) is 0 Å². The largest absolute Gasteiger partial charge is 0.457 e. The van der Waals surface area contributed by atoms with Crippen molar-refractivity contribution in [3.63, 3.8) is 0 Å². The second kappa shape index (κ2) is 8.67. The summed E-state index contributed by atoms with van der Waals surface area (Å²) < 4.78 is 22.5. The summed E-state index contributed by atoms with van der Waals surface area (Å²) >= 11 is 0.